The van der Waals surface area contributed by atoms with E-state index < -0.39 is 0 Å². The van der Waals surface area contributed by atoms with E-state index in [1.807, 2.05) is 54.9 Å². The Hall–Kier alpha value is -4.06. The fourth-order valence-corrected chi connectivity index (χ4v) is 3.54. The second kappa shape index (κ2) is 11.0. The number of nitrogens with zero attached hydrogens (tertiary/aromatic N) is 4. The fourth-order valence-electron chi connectivity index (χ4n) is 3.54. The zero-order valence-electron chi connectivity index (χ0n) is 18.6. The molecule has 0 aliphatic heterocycles. The number of benzene rings is 2. The van der Waals surface area contributed by atoms with Gasteiger partial charge in [0.15, 0.2) is 0 Å². The summed E-state index contributed by atoms with van der Waals surface area (Å²) in [5.41, 5.74) is 5.14. The largest absolute Gasteiger partial charge is 0.508 e. The second-order valence-electron chi connectivity index (χ2n) is 7.72. The van der Waals surface area contributed by atoms with E-state index in [9.17, 15) is 5.11 Å². The van der Waals surface area contributed by atoms with Gasteiger partial charge < -0.3 is 10.4 Å². The summed E-state index contributed by atoms with van der Waals surface area (Å²) in [6.45, 7) is 2.83. The average molecular weight is 438 g/mol. The number of aromatic hydroxyl groups is 1. The number of phenols is 1. The van der Waals surface area contributed by atoms with Crippen LogP contribution in [0.3, 0.4) is 0 Å². The van der Waals surface area contributed by atoms with Crippen molar-refractivity contribution in [2.45, 2.75) is 25.8 Å². The monoisotopic (exact) mass is 437 g/mol. The molecule has 0 spiro atoms. The minimum Gasteiger partial charge on any atom is -0.508 e. The molecule has 166 valence electrons. The zero-order chi connectivity index (χ0) is 22.9. The van der Waals surface area contributed by atoms with Gasteiger partial charge in [0.25, 0.3) is 0 Å². The van der Waals surface area contributed by atoms with Crippen LogP contribution in [0.15, 0.2) is 90.3 Å². The molecule has 33 heavy (non-hydrogen) atoms. The van der Waals surface area contributed by atoms with Crippen LogP contribution in [-0.2, 0) is 6.42 Å². The first-order valence-corrected chi connectivity index (χ1v) is 11.1. The van der Waals surface area contributed by atoms with E-state index in [-0.39, 0.29) is 11.8 Å². The predicted molar refractivity (Wildman–Crippen MR) is 133 cm³/mol. The summed E-state index contributed by atoms with van der Waals surface area (Å²) in [4.78, 5) is 18.0. The Bertz CT molecular complexity index is 1190. The lowest BCUT2D eigenvalue weighted by Gasteiger charge is -2.10. The predicted octanol–water partition coefficient (Wildman–Crippen LogP) is 5.47. The van der Waals surface area contributed by atoms with Crippen molar-refractivity contribution < 1.29 is 5.11 Å². The molecule has 0 aliphatic rings. The first-order chi connectivity index (χ1) is 16.2. The third kappa shape index (κ3) is 6.23. The lowest BCUT2D eigenvalue weighted by atomic mass is 10.1. The SMILES string of the molecule is CCC(N=Cc1cccc(-c2ccnc(NCCc3ccc(O)cc3)n2)c1)c1cccnc1. The first kappa shape index (κ1) is 22.1. The van der Waals surface area contributed by atoms with Crippen molar-refractivity contribution in [3.05, 3.63) is 102 Å². The summed E-state index contributed by atoms with van der Waals surface area (Å²) >= 11 is 0. The van der Waals surface area contributed by atoms with Crippen LogP contribution in [0.4, 0.5) is 5.95 Å². The highest BCUT2D eigenvalue weighted by atomic mass is 16.3. The van der Waals surface area contributed by atoms with E-state index in [4.69, 9.17) is 4.99 Å². The highest BCUT2D eigenvalue weighted by Gasteiger charge is 2.07. The van der Waals surface area contributed by atoms with E-state index in [1.54, 1.807) is 24.5 Å². The highest BCUT2D eigenvalue weighted by molar-refractivity contribution is 5.82. The van der Waals surface area contributed by atoms with Crippen molar-refractivity contribution in [3.8, 4) is 17.0 Å². The van der Waals surface area contributed by atoms with Crippen LogP contribution in [0, 0.1) is 0 Å². The maximum atomic E-state index is 9.40. The van der Waals surface area contributed by atoms with Gasteiger partial charge >= 0.3 is 0 Å². The van der Waals surface area contributed by atoms with Crippen molar-refractivity contribution in [2.75, 3.05) is 11.9 Å². The van der Waals surface area contributed by atoms with Crippen molar-refractivity contribution in [2.24, 2.45) is 4.99 Å². The number of rotatable bonds is 9. The van der Waals surface area contributed by atoms with Crippen LogP contribution in [0.5, 0.6) is 5.75 Å². The van der Waals surface area contributed by atoms with E-state index in [2.05, 4.69) is 39.3 Å². The normalized spacial score (nSPS) is 12.0. The Balaban J connectivity index is 1.43. The molecule has 2 N–H and O–H groups in total. The van der Waals surface area contributed by atoms with Crippen LogP contribution in [0.2, 0.25) is 0 Å². The summed E-state index contributed by atoms with van der Waals surface area (Å²) in [7, 11) is 0. The molecule has 0 saturated heterocycles. The van der Waals surface area contributed by atoms with E-state index in [0.717, 1.165) is 40.8 Å². The number of aliphatic imine (C=N–C) groups is 1. The summed E-state index contributed by atoms with van der Waals surface area (Å²) < 4.78 is 0. The Labute approximate surface area is 194 Å². The van der Waals surface area contributed by atoms with Crippen molar-refractivity contribution in [1.29, 1.82) is 0 Å². The molecular formula is C27H27N5O. The summed E-state index contributed by atoms with van der Waals surface area (Å²) in [6.07, 6.45) is 9.06. The molecule has 0 saturated carbocycles. The van der Waals surface area contributed by atoms with Crippen molar-refractivity contribution >= 4 is 12.2 Å². The molecule has 6 heteroatoms. The average Bonchev–Trinajstić information content (AvgIpc) is 2.87. The van der Waals surface area contributed by atoms with Gasteiger partial charge in [-0.15, -0.1) is 0 Å². The molecule has 0 aliphatic carbocycles. The Kier molecular flexibility index (Phi) is 7.38. The van der Waals surface area contributed by atoms with E-state index in [1.165, 1.54) is 0 Å². The summed E-state index contributed by atoms with van der Waals surface area (Å²) in [6, 6.07) is 21.4. The lowest BCUT2D eigenvalue weighted by Crippen LogP contribution is -2.08. The van der Waals surface area contributed by atoms with Gasteiger partial charge in [0.1, 0.15) is 5.75 Å². The number of anilines is 1. The van der Waals surface area contributed by atoms with Gasteiger partial charge in [-0.1, -0.05) is 43.3 Å². The zero-order valence-corrected chi connectivity index (χ0v) is 18.6. The topological polar surface area (TPSA) is 83.3 Å². The van der Waals surface area contributed by atoms with Crippen LogP contribution >= 0.6 is 0 Å². The van der Waals surface area contributed by atoms with Gasteiger partial charge in [0, 0.05) is 36.9 Å². The van der Waals surface area contributed by atoms with Crippen molar-refractivity contribution in [1.82, 2.24) is 15.0 Å². The molecular weight excluding hydrogens is 410 g/mol. The number of nitrogens with one attached hydrogen (secondary N) is 1. The molecule has 1 unspecified atom stereocenters. The molecule has 2 aromatic heterocycles. The van der Waals surface area contributed by atoms with Crippen LogP contribution in [0.1, 0.15) is 36.1 Å². The number of hydrogen-bond acceptors (Lipinski definition) is 6. The van der Waals surface area contributed by atoms with E-state index in [0.29, 0.717) is 12.5 Å². The number of aromatic nitrogens is 3. The molecule has 6 nitrogen and oxygen atoms in total. The Morgan fingerprint density at radius 1 is 1.03 bits per heavy atom. The minimum absolute atomic E-state index is 0.0887. The molecule has 0 bridgehead atoms. The van der Waals surface area contributed by atoms with Gasteiger partial charge in [-0.05, 0) is 59.9 Å². The first-order valence-electron chi connectivity index (χ1n) is 11.1. The molecule has 1 atom stereocenters. The molecule has 2 aromatic carbocycles. The Morgan fingerprint density at radius 2 is 1.91 bits per heavy atom. The third-order valence-corrected chi connectivity index (χ3v) is 5.33. The van der Waals surface area contributed by atoms with Gasteiger partial charge in [-0.2, -0.15) is 0 Å². The number of pyridine rings is 1. The standard InChI is InChI=1S/C27H27N5O/c1-2-25(23-7-4-14-28-19-23)31-18-21-5-3-6-22(17-21)26-13-16-30-27(32-26)29-15-12-20-8-10-24(33)11-9-20/h3-11,13-14,16-19,25,33H,2,12,15H2,1H3,(H,29,30,32). The highest BCUT2D eigenvalue weighted by Crippen LogP contribution is 2.22. The molecule has 4 aromatic rings. The van der Waals surface area contributed by atoms with Crippen LogP contribution in [0.25, 0.3) is 11.3 Å². The number of phenolic OH excluding ortho intramolecular Hbond substituents is 1. The van der Waals surface area contributed by atoms with Gasteiger partial charge in [0.2, 0.25) is 5.95 Å². The smallest absolute Gasteiger partial charge is 0.223 e. The van der Waals surface area contributed by atoms with Gasteiger partial charge in [-0.3, -0.25) is 9.98 Å². The summed E-state index contributed by atoms with van der Waals surface area (Å²) in [5.74, 6) is 0.866. The van der Waals surface area contributed by atoms with Gasteiger partial charge in [0.05, 0.1) is 11.7 Å². The molecule has 2 heterocycles. The second-order valence-corrected chi connectivity index (χ2v) is 7.72. The minimum atomic E-state index is 0.0887. The third-order valence-electron chi connectivity index (χ3n) is 5.33. The Morgan fingerprint density at radius 3 is 2.70 bits per heavy atom. The summed E-state index contributed by atoms with van der Waals surface area (Å²) in [5, 5.41) is 12.7. The van der Waals surface area contributed by atoms with Crippen molar-refractivity contribution in [3.63, 3.8) is 0 Å². The molecule has 4 rings (SSSR count). The maximum Gasteiger partial charge on any atom is 0.223 e. The van der Waals surface area contributed by atoms with Crippen LogP contribution < -0.4 is 5.32 Å². The molecule has 0 radical (unpaired) electrons. The van der Waals surface area contributed by atoms with Gasteiger partial charge in [-0.25, -0.2) is 9.97 Å². The molecule has 0 amide bonds. The lowest BCUT2D eigenvalue weighted by molar-refractivity contribution is 0.475. The maximum absolute atomic E-state index is 9.40. The fraction of sp³-hybridized carbons (Fsp3) is 0.185. The number of hydrogen-bond donors (Lipinski definition) is 2. The quantitative estimate of drug-likeness (QED) is 0.339. The van der Waals surface area contributed by atoms with E-state index >= 15 is 0 Å². The molecule has 0 fully saturated rings. The van der Waals surface area contributed by atoms with Crippen LogP contribution in [-0.4, -0.2) is 32.8 Å².